The van der Waals surface area contributed by atoms with Crippen molar-refractivity contribution >= 4 is 39.3 Å². The maximum atomic E-state index is 12.4. The molecule has 3 rings (SSSR count). The molecule has 0 radical (unpaired) electrons. The number of benzene rings is 1. The molecule has 1 amide bonds. The van der Waals surface area contributed by atoms with Gasteiger partial charge in [-0.2, -0.15) is 8.42 Å². The van der Waals surface area contributed by atoms with Crippen molar-refractivity contribution in [3.05, 3.63) is 40.4 Å². The predicted octanol–water partition coefficient (Wildman–Crippen LogP) is 0.817. The van der Waals surface area contributed by atoms with Crippen LogP contribution in [0.2, 0.25) is 0 Å². The molecule has 0 atom stereocenters. The zero-order valence-corrected chi connectivity index (χ0v) is 14.5. The molecule has 0 fully saturated rings. The SMILES string of the molecule is Cc1ccc(C2=NN(CS(=O)(=O)O)C(=O)C3=CSCCN32)cc1N. The lowest BCUT2D eigenvalue weighted by atomic mass is 10.1. The third-order valence-electron chi connectivity index (χ3n) is 3.67. The third kappa shape index (κ3) is 3.25. The largest absolute Gasteiger partial charge is 0.398 e. The molecule has 0 aromatic heterocycles. The summed E-state index contributed by atoms with van der Waals surface area (Å²) in [5, 5.41) is 6.59. The van der Waals surface area contributed by atoms with Crippen LogP contribution in [0.15, 0.2) is 34.4 Å². The minimum absolute atomic E-state index is 0.332. The van der Waals surface area contributed by atoms with E-state index in [1.165, 1.54) is 11.8 Å². The molecule has 1 aromatic carbocycles. The monoisotopic (exact) mass is 368 g/mol. The van der Waals surface area contributed by atoms with Gasteiger partial charge in [0.25, 0.3) is 16.0 Å². The number of hydrogen-bond donors (Lipinski definition) is 2. The zero-order chi connectivity index (χ0) is 17.5. The molecule has 0 spiro atoms. The molecular formula is C14H16N4O4S2. The number of hydrazone groups is 1. The Kier molecular flexibility index (Phi) is 4.28. The molecule has 2 aliphatic heterocycles. The number of fused-ring (bicyclic) bond motifs is 1. The van der Waals surface area contributed by atoms with Crippen LogP contribution in [0.5, 0.6) is 0 Å². The van der Waals surface area contributed by atoms with E-state index in [9.17, 15) is 13.2 Å². The minimum atomic E-state index is -4.39. The number of hydrogen-bond acceptors (Lipinski definition) is 7. The van der Waals surface area contributed by atoms with Gasteiger partial charge in [0.1, 0.15) is 5.70 Å². The van der Waals surface area contributed by atoms with E-state index in [0.29, 0.717) is 29.3 Å². The van der Waals surface area contributed by atoms with Crippen LogP contribution in [0.3, 0.4) is 0 Å². The highest BCUT2D eigenvalue weighted by Gasteiger charge is 2.35. The molecule has 0 unspecified atom stereocenters. The lowest BCUT2D eigenvalue weighted by molar-refractivity contribution is -0.128. The first kappa shape index (κ1) is 16.8. The van der Waals surface area contributed by atoms with Crippen molar-refractivity contribution in [2.75, 3.05) is 23.9 Å². The second-order valence-electron chi connectivity index (χ2n) is 5.44. The molecule has 0 saturated heterocycles. The van der Waals surface area contributed by atoms with Crippen molar-refractivity contribution in [2.24, 2.45) is 5.10 Å². The van der Waals surface area contributed by atoms with E-state index in [1.54, 1.807) is 16.4 Å². The topological polar surface area (TPSA) is 116 Å². The molecule has 0 bridgehead atoms. The van der Waals surface area contributed by atoms with Gasteiger partial charge in [-0.25, -0.2) is 5.01 Å². The lowest BCUT2D eigenvalue weighted by Gasteiger charge is -2.36. The Balaban J connectivity index is 2.10. The minimum Gasteiger partial charge on any atom is -0.398 e. The highest BCUT2D eigenvalue weighted by atomic mass is 32.2. The average molecular weight is 368 g/mol. The van der Waals surface area contributed by atoms with Crippen molar-refractivity contribution < 1.29 is 17.8 Å². The number of carbonyl (C=O) groups excluding carboxylic acids is 1. The molecule has 2 aliphatic rings. The average Bonchev–Trinajstić information content (AvgIpc) is 2.52. The highest BCUT2D eigenvalue weighted by molar-refractivity contribution is 8.02. The fourth-order valence-corrected chi connectivity index (χ4v) is 3.71. The second kappa shape index (κ2) is 6.11. The van der Waals surface area contributed by atoms with E-state index in [4.69, 9.17) is 10.3 Å². The number of rotatable bonds is 3. The fourth-order valence-electron chi connectivity index (χ4n) is 2.43. The van der Waals surface area contributed by atoms with E-state index in [0.717, 1.165) is 16.3 Å². The normalized spacial score (nSPS) is 18.2. The van der Waals surface area contributed by atoms with Crippen LogP contribution < -0.4 is 5.73 Å². The number of amidine groups is 1. The Morgan fingerprint density at radius 3 is 2.83 bits per heavy atom. The van der Waals surface area contributed by atoms with Gasteiger partial charge in [-0.3, -0.25) is 9.35 Å². The summed E-state index contributed by atoms with van der Waals surface area (Å²) in [6.07, 6.45) is 0. The molecule has 24 heavy (non-hydrogen) atoms. The Morgan fingerprint density at radius 1 is 1.42 bits per heavy atom. The number of carbonyl (C=O) groups is 1. The smallest absolute Gasteiger partial charge is 0.292 e. The Morgan fingerprint density at radius 2 is 2.17 bits per heavy atom. The molecule has 128 valence electrons. The Bertz CT molecular complexity index is 864. The Labute approximate surface area is 143 Å². The summed E-state index contributed by atoms with van der Waals surface area (Å²) < 4.78 is 31.4. The quantitative estimate of drug-likeness (QED) is 0.599. The first-order valence-electron chi connectivity index (χ1n) is 7.08. The second-order valence-corrected chi connectivity index (χ2v) is 7.84. The molecule has 10 heteroatoms. The molecule has 3 N–H and O–H groups in total. The summed E-state index contributed by atoms with van der Waals surface area (Å²) in [5.41, 5.74) is 8.44. The van der Waals surface area contributed by atoms with Crippen LogP contribution in [0.1, 0.15) is 11.1 Å². The number of anilines is 1. The van der Waals surface area contributed by atoms with Crippen LogP contribution in [0, 0.1) is 6.92 Å². The van der Waals surface area contributed by atoms with E-state index in [1.807, 2.05) is 19.1 Å². The number of amides is 1. The molecular weight excluding hydrogens is 352 g/mol. The van der Waals surface area contributed by atoms with Gasteiger partial charge in [-0.05, 0) is 18.6 Å². The van der Waals surface area contributed by atoms with Crippen molar-refractivity contribution in [3.8, 4) is 0 Å². The zero-order valence-electron chi connectivity index (χ0n) is 12.8. The van der Waals surface area contributed by atoms with Crippen molar-refractivity contribution in [1.82, 2.24) is 9.91 Å². The van der Waals surface area contributed by atoms with Crippen molar-refractivity contribution in [3.63, 3.8) is 0 Å². The van der Waals surface area contributed by atoms with Gasteiger partial charge >= 0.3 is 0 Å². The van der Waals surface area contributed by atoms with E-state index < -0.39 is 21.9 Å². The first-order valence-corrected chi connectivity index (χ1v) is 9.73. The third-order valence-corrected chi connectivity index (χ3v) is 5.05. The number of nitrogen functional groups attached to an aromatic ring is 1. The standard InChI is InChI=1S/C14H16N4O4S2/c1-9-2-3-10(6-11(9)15)13-16-18(8-24(20,21)22)14(19)12-7-23-5-4-17(12)13/h2-3,6-7H,4-5,8,15H2,1H3,(H,20,21,22). The van der Waals surface area contributed by atoms with Crippen LogP contribution in [-0.2, 0) is 14.9 Å². The first-order chi connectivity index (χ1) is 11.3. The predicted molar refractivity (Wildman–Crippen MR) is 92.6 cm³/mol. The van der Waals surface area contributed by atoms with Gasteiger partial charge < -0.3 is 10.6 Å². The molecule has 2 heterocycles. The summed E-state index contributed by atoms with van der Waals surface area (Å²) in [7, 11) is -4.39. The molecule has 8 nitrogen and oxygen atoms in total. The van der Waals surface area contributed by atoms with Crippen molar-refractivity contribution in [1.29, 1.82) is 0 Å². The number of nitrogens with two attached hydrogens (primary N) is 1. The van der Waals surface area contributed by atoms with E-state index in [-0.39, 0.29) is 0 Å². The maximum absolute atomic E-state index is 12.4. The summed E-state index contributed by atoms with van der Waals surface area (Å²) in [4.78, 5) is 14.2. The van der Waals surface area contributed by atoms with Gasteiger partial charge in [-0.1, -0.05) is 12.1 Å². The number of nitrogens with zero attached hydrogens (tertiary/aromatic N) is 3. The molecule has 0 saturated carbocycles. The summed E-state index contributed by atoms with van der Waals surface area (Å²) in [6, 6.07) is 5.37. The van der Waals surface area contributed by atoms with Gasteiger partial charge in [0.15, 0.2) is 11.7 Å². The fraction of sp³-hybridized carbons (Fsp3) is 0.286. The van der Waals surface area contributed by atoms with Gasteiger partial charge in [0.05, 0.1) is 0 Å². The van der Waals surface area contributed by atoms with Gasteiger partial charge in [-0.15, -0.1) is 16.9 Å². The summed E-state index contributed by atoms with van der Waals surface area (Å²) in [6.45, 7) is 2.44. The maximum Gasteiger partial charge on any atom is 0.292 e. The molecule has 1 aromatic rings. The summed E-state index contributed by atoms with van der Waals surface area (Å²) >= 11 is 1.46. The highest BCUT2D eigenvalue weighted by Crippen LogP contribution is 2.28. The van der Waals surface area contributed by atoms with Crippen LogP contribution >= 0.6 is 11.8 Å². The van der Waals surface area contributed by atoms with Gasteiger partial charge in [0, 0.05) is 29.0 Å². The van der Waals surface area contributed by atoms with E-state index >= 15 is 0 Å². The van der Waals surface area contributed by atoms with Crippen LogP contribution in [0.25, 0.3) is 0 Å². The van der Waals surface area contributed by atoms with E-state index in [2.05, 4.69) is 5.10 Å². The number of thioether (sulfide) groups is 1. The number of aryl methyl sites for hydroxylation is 1. The van der Waals surface area contributed by atoms with Crippen LogP contribution in [0.4, 0.5) is 5.69 Å². The van der Waals surface area contributed by atoms with Crippen molar-refractivity contribution in [2.45, 2.75) is 6.92 Å². The van der Waals surface area contributed by atoms with Gasteiger partial charge in [0.2, 0.25) is 0 Å². The summed E-state index contributed by atoms with van der Waals surface area (Å²) in [5.74, 6) is -0.262. The molecule has 0 aliphatic carbocycles. The Hall–Kier alpha value is -2.04. The lowest BCUT2D eigenvalue weighted by Crippen LogP contribution is -2.48. The van der Waals surface area contributed by atoms with Crippen LogP contribution in [-0.4, -0.2) is 52.8 Å².